The Bertz CT molecular complexity index is 671. The molecule has 2 aromatic rings. The van der Waals surface area contributed by atoms with Crippen molar-refractivity contribution >= 4 is 17.2 Å². The van der Waals surface area contributed by atoms with Gasteiger partial charge in [-0.2, -0.15) is 0 Å². The van der Waals surface area contributed by atoms with Crippen molar-refractivity contribution in [3.63, 3.8) is 0 Å². The van der Waals surface area contributed by atoms with Crippen LogP contribution >= 0.6 is 11.3 Å². The lowest BCUT2D eigenvalue weighted by molar-refractivity contribution is -0.122. The molecule has 1 amide bonds. The summed E-state index contributed by atoms with van der Waals surface area (Å²) in [6, 6.07) is 10.6. The predicted molar refractivity (Wildman–Crippen MR) is 102 cm³/mol. The SMILES string of the molecule is Cc1nc(CNC(=O)CC2CCN(Cc3ccccc3)CC2)sc1C. The number of thiazole rings is 1. The van der Waals surface area contributed by atoms with Crippen LogP contribution in [0, 0.1) is 19.8 Å². The maximum Gasteiger partial charge on any atom is 0.220 e. The quantitative estimate of drug-likeness (QED) is 0.858. The standard InChI is InChI=1S/C20H27N3OS/c1-15-16(2)25-20(22-15)13-21-19(24)12-17-8-10-23(11-9-17)14-18-6-4-3-5-7-18/h3-7,17H,8-14H2,1-2H3,(H,21,24). The summed E-state index contributed by atoms with van der Waals surface area (Å²) in [5, 5.41) is 4.03. The average molecular weight is 358 g/mol. The third-order valence-electron chi connectivity index (χ3n) is 4.94. The molecule has 134 valence electrons. The fraction of sp³-hybridized carbons (Fsp3) is 0.500. The number of nitrogens with zero attached hydrogens (tertiary/aromatic N) is 2. The van der Waals surface area contributed by atoms with Crippen LogP contribution in [0.5, 0.6) is 0 Å². The fourth-order valence-corrected chi connectivity index (χ4v) is 4.19. The van der Waals surface area contributed by atoms with E-state index in [1.165, 1.54) is 10.4 Å². The van der Waals surface area contributed by atoms with Crippen molar-refractivity contribution in [2.45, 2.75) is 46.2 Å². The maximum absolute atomic E-state index is 12.2. The summed E-state index contributed by atoms with van der Waals surface area (Å²) in [5.41, 5.74) is 2.44. The molecule has 2 heterocycles. The molecule has 25 heavy (non-hydrogen) atoms. The van der Waals surface area contributed by atoms with Crippen LogP contribution in [-0.4, -0.2) is 28.9 Å². The van der Waals surface area contributed by atoms with Crippen molar-refractivity contribution in [1.29, 1.82) is 0 Å². The fourth-order valence-electron chi connectivity index (χ4n) is 3.31. The minimum absolute atomic E-state index is 0.159. The highest BCUT2D eigenvalue weighted by Crippen LogP contribution is 2.22. The molecular formula is C20H27N3OS. The first-order valence-corrected chi connectivity index (χ1v) is 9.87. The molecule has 1 aliphatic rings. The van der Waals surface area contributed by atoms with Gasteiger partial charge in [0.2, 0.25) is 5.91 Å². The molecule has 1 aromatic heterocycles. The minimum Gasteiger partial charge on any atom is -0.350 e. The zero-order valence-corrected chi connectivity index (χ0v) is 15.9. The van der Waals surface area contributed by atoms with E-state index in [0.717, 1.165) is 43.2 Å². The number of aromatic nitrogens is 1. The largest absolute Gasteiger partial charge is 0.350 e. The first-order valence-electron chi connectivity index (χ1n) is 9.06. The molecule has 0 bridgehead atoms. The number of piperidine rings is 1. The molecule has 3 rings (SSSR count). The van der Waals surface area contributed by atoms with Crippen LogP contribution in [0.15, 0.2) is 30.3 Å². The number of carbonyl (C=O) groups is 1. The summed E-state index contributed by atoms with van der Waals surface area (Å²) >= 11 is 1.67. The lowest BCUT2D eigenvalue weighted by Gasteiger charge is -2.31. The van der Waals surface area contributed by atoms with Crippen molar-refractivity contribution in [1.82, 2.24) is 15.2 Å². The summed E-state index contributed by atoms with van der Waals surface area (Å²) in [4.78, 5) is 20.4. The van der Waals surface area contributed by atoms with Crippen LogP contribution in [0.25, 0.3) is 0 Å². The molecular weight excluding hydrogens is 330 g/mol. The number of hydrogen-bond acceptors (Lipinski definition) is 4. The van der Waals surface area contributed by atoms with Gasteiger partial charge in [0.15, 0.2) is 0 Å². The summed E-state index contributed by atoms with van der Waals surface area (Å²) < 4.78 is 0. The Morgan fingerprint density at radius 1 is 1.24 bits per heavy atom. The molecule has 1 N–H and O–H groups in total. The van der Waals surface area contributed by atoms with Gasteiger partial charge in [0.25, 0.3) is 0 Å². The van der Waals surface area contributed by atoms with Gasteiger partial charge >= 0.3 is 0 Å². The van der Waals surface area contributed by atoms with E-state index in [1.54, 1.807) is 11.3 Å². The van der Waals surface area contributed by atoms with E-state index in [2.05, 4.69) is 52.5 Å². The van der Waals surface area contributed by atoms with E-state index >= 15 is 0 Å². The van der Waals surface area contributed by atoms with Crippen molar-refractivity contribution in [2.75, 3.05) is 13.1 Å². The van der Waals surface area contributed by atoms with E-state index in [0.29, 0.717) is 18.9 Å². The van der Waals surface area contributed by atoms with E-state index in [4.69, 9.17) is 0 Å². The predicted octanol–water partition coefficient (Wildman–Crippen LogP) is 3.68. The molecule has 0 spiro atoms. The van der Waals surface area contributed by atoms with Crippen molar-refractivity contribution in [3.8, 4) is 0 Å². The Morgan fingerprint density at radius 2 is 1.96 bits per heavy atom. The second-order valence-electron chi connectivity index (χ2n) is 6.94. The number of hydrogen-bond donors (Lipinski definition) is 1. The summed E-state index contributed by atoms with van der Waals surface area (Å²) in [5.74, 6) is 0.666. The first kappa shape index (κ1) is 18.1. The van der Waals surface area contributed by atoms with Gasteiger partial charge in [0.1, 0.15) is 5.01 Å². The second kappa shape index (κ2) is 8.59. The summed E-state index contributed by atoms with van der Waals surface area (Å²) in [7, 11) is 0. The molecule has 1 aromatic carbocycles. The van der Waals surface area contributed by atoms with Crippen LogP contribution in [0.2, 0.25) is 0 Å². The van der Waals surface area contributed by atoms with Gasteiger partial charge in [-0.3, -0.25) is 9.69 Å². The zero-order valence-electron chi connectivity index (χ0n) is 15.1. The highest BCUT2D eigenvalue weighted by molar-refractivity contribution is 7.11. The second-order valence-corrected chi connectivity index (χ2v) is 8.22. The number of carbonyl (C=O) groups excluding carboxylic acids is 1. The normalized spacial score (nSPS) is 16.1. The number of nitrogens with one attached hydrogen (secondary N) is 1. The van der Waals surface area contributed by atoms with Crippen LogP contribution in [0.3, 0.4) is 0 Å². The van der Waals surface area contributed by atoms with Gasteiger partial charge in [0, 0.05) is 17.8 Å². The molecule has 0 atom stereocenters. The Kier molecular flexibility index (Phi) is 6.21. The van der Waals surface area contributed by atoms with Gasteiger partial charge in [-0.15, -0.1) is 11.3 Å². The number of amides is 1. The monoisotopic (exact) mass is 357 g/mol. The first-order chi connectivity index (χ1) is 12.1. The summed E-state index contributed by atoms with van der Waals surface area (Å²) in [6.07, 6.45) is 2.86. The molecule has 0 saturated carbocycles. The number of likely N-dealkylation sites (tertiary alicyclic amines) is 1. The maximum atomic E-state index is 12.2. The van der Waals surface area contributed by atoms with Crippen molar-refractivity contribution in [2.24, 2.45) is 5.92 Å². The molecule has 4 nitrogen and oxygen atoms in total. The molecule has 1 fully saturated rings. The van der Waals surface area contributed by atoms with Gasteiger partial charge in [-0.05, 0) is 51.3 Å². The van der Waals surface area contributed by atoms with Crippen LogP contribution in [0.4, 0.5) is 0 Å². The Morgan fingerprint density at radius 3 is 2.60 bits per heavy atom. The molecule has 1 saturated heterocycles. The van der Waals surface area contributed by atoms with Gasteiger partial charge in [-0.25, -0.2) is 4.98 Å². The summed E-state index contributed by atoms with van der Waals surface area (Å²) in [6.45, 7) is 7.82. The van der Waals surface area contributed by atoms with Gasteiger partial charge < -0.3 is 5.32 Å². The molecule has 5 heteroatoms. The molecule has 0 unspecified atom stereocenters. The van der Waals surface area contributed by atoms with Gasteiger partial charge in [0.05, 0.1) is 12.2 Å². The van der Waals surface area contributed by atoms with E-state index in [-0.39, 0.29) is 5.91 Å². The zero-order chi connectivity index (χ0) is 17.6. The van der Waals surface area contributed by atoms with Crippen LogP contribution in [0.1, 0.15) is 40.4 Å². The van der Waals surface area contributed by atoms with E-state index in [1.807, 2.05) is 6.92 Å². The number of aryl methyl sites for hydroxylation is 2. The minimum atomic E-state index is 0.159. The lowest BCUT2D eigenvalue weighted by atomic mass is 9.93. The number of benzene rings is 1. The van der Waals surface area contributed by atoms with E-state index in [9.17, 15) is 4.79 Å². The molecule has 1 aliphatic heterocycles. The molecule has 0 radical (unpaired) electrons. The Labute approximate surface area is 154 Å². The highest BCUT2D eigenvalue weighted by atomic mass is 32.1. The topological polar surface area (TPSA) is 45.2 Å². The van der Waals surface area contributed by atoms with Crippen molar-refractivity contribution in [3.05, 3.63) is 51.5 Å². The molecule has 0 aliphatic carbocycles. The average Bonchev–Trinajstić information content (AvgIpc) is 2.94. The van der Waals surface area contributed by atoms with Crippen LogP contribution in [-0.2, 0) is 17.9 Å². The van der Waals surface area contributed by atoms with E-state index < -0.39 is 0 Å². The third kappa shape index (κ3) is 5.38. The lowest BCUT2D eigenvalue weighted by Crippen LogP contribution is -2.35. The van der Waals surface area contributed by atoms with Gasteiger partial charge in [-0.1, -0.05) is 30.3 Å². The Hall–Kier alpha value is -1.72. The number of rotatable bonds is 6. The highest BCUT2D eigenvalue weighted by Gasteiger charge is 2.21. The smallest absolute Gasteiger partial charge is 0.220 e. The Balaban J connectivity index is 1.37. The van der Waals surface area contributed by atoms with Crippen LogP contribution < -0.4 is 5.32 Å². The third-order valence-corrected chi connectivity index (χ3v) is 6.01. The van der Waals surface area contributed by atoms with Crippen molar-refractivity contribution < 1.29 is 4.79 Å².